The summed E-state index contributed by atoms with van der Waals surface area (Å²) in [4.78, 5) is 15.7. The number of nitrogens with two attached hydrogens (primary N) is 1. The van der Waals surface area contributed by atoms with Gasteiger partial charge in [0.1, 0.15) is 12.1 Å². The third-order valence-electron chi connectivity index (χ3n) is 3.65. The normalized spacial score (nSPS) is 16.0. The summed E-state index contributed by atoms with van der Waals surface area (Å²) < 4.78 is 120. The van der Waals surface area contributed by atoms with Gasteiger partial charge in [0.15, 0.2) is 0 Å². The van der Waals surface area contributed by atoms with E-state index in [9.17, 15) is 31.1 Å². The van der Waals surface area contributed by atoms with Crippen LogP contribution in [0.15, 0.2) is 24.5 Å². The van der Waals surface area contributed by atoms with Gasteiger partial charge in [-0.25, -0.2) is 0 Å². The van der Waals surface area contributed by atoms with Crippen LogP contribution >= 0.6 is 0 Å². The van der Waals surface area contributed by atoms with Crippen molar-refractivity contribution >= 4 is 26.2 Å². The summed E-state index contributed by atoms with van der Waals surface area (Å²) >= 11 is 0. The maximum absolute atomic E-state index is 11.7. The van der Waals surface area contributed by atoms with Crippen molar-refractivity contribution in [1.82, 2.24) is 4.98 Å². The van der Waals surface area contributed by atoms with E-state index in [4.69, 9.17) is 36.4 Å². The quantitative estimate of drug-likeness (QED) is 0.225. The molecule has 192 valence electrons. The highest BCUT2D eigenvalue weighted by atomic mass is 32.2. The summed E-state index contributed by atoms with van der Waals surface area (Å²) in [5, 5.41) is 0. The fourth-order valence-corrected chi connectivity index (χ4v) is 2.11. The second-order valence-corrected chi connectivity index (χ2v) is 9.18. The Hall–Kier alpha value is -2.02. The molecule has 1 saturated carbocycles. The number of ether oxygens (including phenoxy) is 1. The van der Waals surface area contributed by atoms with Crippen molar-refractivity contribution in [1.29, 1.82) is 0 Å². The number of halogens is 6. The van der Waals surface area contributed by atoms with Gasteiger partial charge in [0.25, 0.3) is 0 Å². The minimum absolute atomic E-state index is 0.0856. The Morgan fingerprint density at radius 2 is 1.48 bits per heavy atom. The molecule has 0 aromatic carbocycles. The van der Waals surface area contributed by atoms with Gasteiger partial charge in [0, 0.05) is 12.4 Å². The van der Waals surface area contributed by atoms with Crippen molar-refractivity contribution in [2.45, 2.75) is 55.3 Å². The summed E-state index contributed by atoms with van der Waals surface area (Å²) in [5.41, 5.74) is -4.28. The van der Waals surface area contributed by atoms with Crippen molar-refractivity contribution in [2.24, 2.45) is 5.73 Å². The molecule has 0 unspecified atom stereocenters. The molecule has 2 rings (SSSR count). The first kappa shape index (κ1) is 31.0. The van der Waals surface area contributed by atoms with Crippen molar-refractivity contribution in [3.8, 4) is 0 Å². The molecule has 0 saturated heterocycles. The van der Waals surface area contributed by atoms with E-state index in [1.807, 2.05) is 12.1 Å². The molecule has 0 radical (unpaired) electrons. The highest BCUT2D eigenvalue weighted by Gasteiger charge is 2.45. The first-order valence-corrected chi connectivity index (χ1v) is 11.6. The minimum Gasteiger partial charge on any atom is -0.461 e. The number of nitrogens with zero attached hydrogens (tertiary/aromatic N) is 1. The van der Waals surface area contributed by atoms with Crippen molar-refractivity contribution in [3.63, 3.8) is 0 Å². The lowest BCUT2D eigenvalue weighted by atomic mass is 10.1. The molecule has 0 aliphatic heterocycles. The van der Waals surface area contributed by atoms with Crippen LogP contribution in [0.2, 0.25) is 0 Å². The van der Waals surface area contributed by atoms with Gasteiger partial charge in [-0.3, -0.25) is 18.9 Å². The van der Waals surface area contributed by atoms with Gasteiger partial charge in [0.2, 0.25) is 0 Å². The standard InChI is InChI=1S/C13H18N2O2.2CHF3O3S/c14-12(8-10-4-3-7-15-9-10)13(16)17-11-5-1-2-6-11;2*2-1(3,4)8(5,6)7/h3-4,7,9,11-12H,1-2,5-6,8,14H2;2*(H,5,6,7)/t12-;;/m1../s1. The van der Waals surface area contributed by atoms with E-state index in [2.05, 4.69) is 4.98 Å². The Morgan fingerprint density at radius 1 is 1.06 bits per heavy atom. The second-order valence-electron chi connectivity index (χ2n) is 6.36. The minimum atomic E-state index is -5.84. The summed E-state index contributed by atoms with van der Waals surface area (Å²) in [6.07, 6.45) is 8.25. The van der Waals surface area contributed by atoms with Gasteiger partial charge >= 0.3 is 37.2 Å². The fourth-order valence-electron chi connectivity index (χ4n) is 2.11. The Kier molecular flexibility index (Phi) is 11.7. The van der Waals surface area contributed by atoms with E-state index in [1.165, 1.54) is 0 Å². The van der Waals surface area contributed by atoms with Crippen LogP contribution in [0.3, 0.4) is 0 Å². The molecule has 0 amide bonds. The number of rotatable bonds is 4. The van der Waals surface area contributed by atoms with Gasteiger partial charge in [-0.05, 0) is 43.7 Å². The molecule has 1 aliphatic carbocycles. The number of esters is 1. The largest absolute Gasteiger partial charge is 0.522 e. The zero-order valence-corrected chi connectivity index (χ0v) is 18.1. The van der Waals surface area contributed by atoms with E-state index in [-0.39, 0.29) is 12.1 Å². The highest BCUT2D eigenvalue weighted by molar-refractivity contribution is 7.86. The molecule has 18 heteroatoms. The molecule has 0 spiro atoms. The number of alkyl halides is 6. The molecule has 4 N–H and O–H groups in total. The van der Waals surface area contributed by atoms with Crippen LogP contribution in [-0.2, 0) is 36.2 Å². The second kappa shape index (κ2) is 12.4. The number of carbonyl (C=O) groups excluding carboxylic acids is 1. The van der Waals surface area contributed by atoms with Crippen LogP contribution in [0.1, 0.15) is 31.2 Å². The number of hydrogen-bond donors (Lipinski definition) is 3. The topological polar surface area (TPSA) is 174 Å². The average Bonchev–Trinajstić information content (AvgIpc) is 3.13. The van der Waals surface area contributed by atoms with Gasteiger partial charge in [-0.1, -0.05) is 6.07 Å². The molecule has 10 nitrogen and oxygen atoms in total. The predicted octanol–water partition coefficient (Wildman–Crippen LogP) is 2.23. The zero-order valence-electron chi connectivity index (χ0n) is 16.5. The third kappa shape index (κ3) is 12.7. The molecule has 0 bridgehead atoms. The Morgan fingerprint density at radius 3 is 1.82 bits per heavy atom. The Balaban J connectivity index is 0.000000539. The van der Waals surface area contributed by atoms with E-state index < -0.39 is 37.3 Å². The van der Waals surface area contributed by atoms with Gasteiger partial charge < -0.3 is 10.5 Å². The SMILES string of the molecule is N[C@H](Cc1cccnc1)C(=O)OC1CCCC1.O=S(=O)(O)C(F)(F)F.O=S(=O)(O)C(F)(F)F. The molecule has 1 aromatic heterocycles. The summed E-state index contributed by atoms with van der Waals surface area (Å²) in [6.45, 7) is 0. The summed E-state index contributed by atoms with van der Waals surface area (Å²) in [7, 11) is -11.7. The summed E-state index contributed by atoms with van der Waals surface area (Å²) in [6, 6.07) is 3.17. The number of carbonyl (C=O) groups is 1. The first-order chi connectivity index (χ1) is 14.8. The number of aromatic nitrogens is 1. The lowest BCUT2D eigenvalue weighted by Gasteiger charge is -2.15. The lowest BCUT2D eigenvalue weighted by Crippen LogP contribution is -2.36. The molecule has 1 fully saturated rings. The monoisotopic (exact) mass is 534 g/mol. The summed E-state index contributed by atoms with van der Waals surface area (Å²) in [5.74, 6) is -0.291. The Labute approximate surface area is 184 Å². The van der Waals surface area contributed by atoms with Crippen molar-refractivity contribution in [3.05, 3.63) is 30.1 Å². The zero-order chi connectivity index (χ0) is 26.1. The predicted molar refractivity (Wildman–Crippen MR) is 99.5 cm³/mol. The van der Waals surface area contributed by atoms with Crippen LogP contribution < -0.4 is 5.73 Å². The molecule has 1 aromatic rings. The van der Waals surface area contributed by atoms with E-state index in [1.54, 1.807) is 12.4 Å². The van der Waals surface area contributed by atoms with Crippen LogP contribution in [0.5, 0.6) is 0 Å². The molecule has 33 heavy (non-hydrogen) atoms. The van der Waals surface area contributed by atoms with E-state index in [0.29, 0.717) is 6.42 Å². The van der Waals surface area contributed by atoms with Crippen LogP contribution in [-0.4, -0.2) is 60.1 Å². The molecule has 1 aliphatic rings. The molecule has 1 heterocycles. The van der Waals surface area contributed by atoms with Crippen molar-refractivity contribution in [2.75, 3.05) is 0 Å². The van der Waals surface area contributed by atoms with Crippen molar-refractivity contribution < 1.29 is 61.8 Å². The van der Waals surface area contributed by atoms with Gasteiger partial charge in [-0.15, -0.1) is 0 Å². The number of pyridine rings is 1. The smallest absolute Gasteiger partial charge is 0.461 e. The van der Waals surface area contributed by atoms with Crippen LogP contribution in [0, 0.1) is 0 Å². The molecular weight excluding hydrogens is 514 g/mol. The van der Waals surface area contributed by atoms with Crippen LogP contribution in [0.25, 0.3) is 0 Å². The molecule has 1 atom stereocenters. The van der Waals surface area contributed by atoms with Gasteiger partial charge in [0.05, 0.1) is 0 Å². The molecular formula is C15H20F6N2O8S2. The van der Waals surface area contributed by atoms with Crippen LogP contribution in [0.4, 0.5) is 26.3 Å². The highest BCUT2D eigenvalue weighted by Crippen LogP contribution is 2.22. The van der Waals surface area contributed by atoms with Gasteiger partial charge in [-0.2, -0.15) is 43.2 Å². The number of hydrogen-bond acceptors (Lipinski definition) is 8. The lowest BCUT2D eigenvalue weighted by molar-refractivity contribution is -0.150. The first-order valence-electron chi connectivity index (χ1n) is 8.68. The average molecular weight is 534 g/mol. The van der Waals surface area contributed by atoms with E-state index in [0.717, 1.165) is 31.2 Å². The maximum Gasteiger partial charge on any atom is 0.522 e. The third-order valence-corrected chi connectivity index (χ3v) is 4.82. The Bertz CT molecular complexity index is 905. The van der Waals surface area contributed by atoms with E-state index >= 15 is 0 Å². The fraction of sp³-hybridized carbons (Fsp3) is 0.600. The maximum atomic E-state index is 11.7.